The summed E-state index contributed by atoms with van der Waals surface area (Å²) in [6.07, 6.45) is 0. The van der Waals surface area contributed by atoms with E-state index in [2.05, 4.69) is 0 Å². The van der Waals surface area contributed by atoms with Crippen LogP contribution >= 0.6 is 0 Å². The van der Waals surface area contributed by atoms with Gasteiger partial charge in [-0.05, 0) is 0 Å². The van der Waals surface area contributed by atoms with Crippen LogP contribution in [-0.2, 0) is 20.1 Å². The van der Waals surface area contributed by atoms with E-state index < -0.39 is 37.1 Å². The average Bonchev–Trinajstić information content (AvgIpc) is 1.79. The second-order valence-electron chi connectivity index (χ2n) is 2.01. The molecule has 0 saturated carbocycles. The minimum absolute atomic E-state index is 1.69. The molecule has 0 radical (unpaired) electrons. The van der Waals surface area contributed by atoms with Crippen molar-refractivity contribution in [2.45, 2.75) is 5.51 Å². The molecule has 0 aromatic heterocycles. The van der Waals surface area contributed by atoms with Crippen LogP contribution in [-0.4, -0.2) is 33.8 Å². The van der Waals surface area contributed by atoms with Crippen molar-refractivity contribution >= 4 is 20.1 Å². The van der Waals surface area contributed by atoms with E-state index >= 15 is 0 Å². The maximum Gasteiger partial charge on any atom is 0.497 e. The molecule has 0 amide bonds. The predicted octanol–water partition coefficient (Wildman–Crippen LogP) is 0.220. The van der Waals surface area contributed by atoms with Gasteiger partial charge < -0.3 is 0 Å². The maximum atomic E-state index is 11.6. The summed E-state index contributed by atoms with van der Waals surface area (Å²) in [5.74, 6) is -3.48. The number of alkyl halides is 3. The first-order valence-corrected chi connectivity index (χ1v) is 5.87. The van der Waals surface area contributed by atoms with Gasteiger partial charge in [0, 0.05) is 0 Å². The summed E-state index contributed by atoms with van der Waals surface area (Å²) in [7, 11) is -10.7. The third-order valence-corrected chi connectivity index (χ3v) is 3.35. The van der Waals surface area contributed by atoms with Gasteiger partial charge in [0.05, 0.1) is 11.5 Å². The highest BCUT2D eigenvalue weighted by atomic mass is 32.3. The molecule has 0 bridgehead atoms. The fourth-order valence-electron chi connectivity index (χ4n) is 0.325. The zero-order valence-electron chi connectivity index (χ0n) is 5.88. The minimum atomic E-state index is -5.55. The van der Waals surface area contributed by atoms with E-state index in [0.29, 0.717) is 0 Å². The first-order valence-electron chi connectivity index (χ1n) is 2.67. The van der Waals surface area contributed by atoms with Crippen LogP contribution < -0.4 is 0 Å². The number of halogens is 4. The molecular weight excluding hydrogens is 240 g/mol. The van der Waals surface area contributed by atoms with Gasteiger partial charge in [-0.2, -0.15) is 21.6 Å². The fraction of sp³-hybridized carbons (Fsp3) is 1.00. The summed E-state index contributed by atoms with van der Waals surface area (Å²) in [6, 6.07) is 0. The van der Waals surface area contributed by atoms with Crippen LogP contribution in [0.15, 0.2) is 0 Å². The van der Waals surface area contributed by atoms with E-state index in [1.54, 1.807) is 0 Å². The molecule has 10 heteroatoms. The van der Waals surface area contributed by atoms with E-state index in [9.17, 15) is 33.9 Å². The van der Waals surface area contributed by atoms with Crippen LogP contribution in [0.2, 0.25) is 0 Å². The smallest absolute Gasteiger partial charge is 0.220 e. The van der Waals surface area contributed by atoms with Gasteiger partial charge in [0.15, 0.2) is 0 Å². The van der Waals surface area contributed by atoms with Gasteiger partial charge in [-0.15, -0.1) is 3.89 Å². The first-order chi connectivity index (χ1) is 5.46. The number of sulfone groups is 1. The van der Waals surface area contributed by atoms with Crippen molar-refractivity contribution in [3.8, 4) is 0 Å². The van der Waals surface area contributed by atoms with E-state index in [1.807, 2.05) is 0 Å². The van der Waals surface area contributed by atoms with E-state index in [0.717, 1.165) is 0 Å². The Morgan fingerprint density at radius 3 is 1.54 bits per heavy atom. The van der Waals surface area contributed by atoms with Crippen molar-refractivity contribution in [3.05, 3.63) is 0 Å². The third-order valence-electron chi connectivity index (χ3n) is 0.949. The topological polar surface area (TPSA) is 68.3 Å². The highest BCUT2D eigenvalue weighted by Gasteiger charge is 2.45. The molecule has 0 aromatic carbocycles. The summed E-state index contributed by atoms with van der Waals surface area (Å²) in [5.41, 5.74) is -5.54. The van der Waals surface area contributed by atoms with Gasteiger partial charge in [-0.1, -0.05) is 0 Å². The molecule has 0 heterocycles. The van der Waals surface area contributed by atoms with E-state index in [-0.39, 0.29) is 0 Å². The van der Waals surface area contributed by atoms with Gasteiger partial charge in [0.2, 0.25) is 9.84 Å². The lowest BCUT2D eigenvalue weighted by molar-refractivity contribution is -0.0434. The Labute approximate surface area is 71.7 Å². The van der Waals surface area contributed by atoms with Gasteiger partial charge in [-0.25, -0.2) is 8.42 Å². The number of rotatable bonds is 3. The quantitative estimate of drug-likeness (QED) is 0.526. The molecule has 0 spiro atoms. The molecule has 0 unspecified atom stereocenters. The Hall–Kier alpha value is -0.380. The van der Waals surface area contributed by atoms with Crippen molar-refractivity contribution in [3.63, 3.8) is 0 Å². The molecule has 80 valence electrons. The van der Waals surface area contributed by atoms with Gasteiger partial charge in [-0.3, -0.25) is 0 Å². The van der Waals surface area contributed by atoms with Crippen LogP contribution in [0.3, 0.4) is 0 Å². The largest absolute Gasteiger partial charge is 0.497 e. The summed E-state index contributed by atoms with van der Waals surface area (Å²) in [5, 5.41) is 0. The highest BCUT2D eigenvalue weighted by molar-refractivity contribution is 7.94. The molecule has 0 aliphatic carbocycles. The Morgan fingerprint density at radius 2 is 1.31 bits per heavy atom. The summed E-state index contributed by atoms with van der Waals surface area (Å²) in [4.78, 5) is 0. The van der Waals surface area contributed by atoms with Crippen LogP contribution in [0.5, 0.6) is 0 Å². The van der Waals surface area contributed by atoms with Gasteiger partial charge >= 0.3 is 15.7 Å². The SMILES string of the molecule is O=S(=O)(F)CCS(=O)(=O)C(F)(F)F. The van der Waals surface area contributed by atoms with Crippen molar-refractivity contribution in [2.24, 2.45) is 0 Å². The lowest BCUT2D eigenvalue weighted by Gasteiger charge is -2.05. The summed E-state index contributed by atoms with van der Waals surface area (Å²) >= 11 is 0. The highest BCUT2D eigenvalue weighted by Crippen LogP contribution is 2.23. The lowest BCUT2D eigenvalue weighted by Crippen LogP contribution is -2.28. The monoisotopic (exact) mass is 244 g/mol. The first kappa shape index (κ1) is 12.6. The minimum Gasteiger partial charge on any atom is -0.220 e. The molecule has 0 fully saturated rings. The van der Waals surface area contributed by atoms with Crippen LogP contribution in [0.4, 0.5) is 17.1 Å². The van der Waals surface area contributed by atoms with Crippen LogP contribution in [0.25, 0.3) is 0 Å². The second kappa shape index (κ2) is 3.40. The van der Waals surface area contributed by atoms with E-state index in [4.69, 9.17) is 0 Å². The Balaban J connectivity index is 4.59. The molecule has 0 saturated heterocycles. The summed E-state index contributed by atoms with van der Waals surface area (Å²) in [6.45, 7) is 0. The molecule has 0 aliphatic heterocycles. The average molecular weight is 244 g/mol. The lowest BCUT2D eigenvalue weighted by atomic mass is 11.0. The summed E-state index contributed by atoms with van der Waals surface area (Å²) < 4.78 is 85.9. The molecule has 4 nitrogen and oxygen atoms in total. The van der Waals surface area contributed by atoms with Crippen LogP contribution in [0, 0.1) is 0 Å². The Morgan fingerprint density at radius 1 is 0.923 bits per heavy atom. The van der Waals surface area contributed by atoms with Crippen molar-refractivity contribution < 1.29 is 33.9 Å². The molecule has 0 N–H and O–H groups in total. The van der Waals surface area contributed by atoms with Gasteiger partial charge in [0.25, 0.3) is 0 Å². The van der Waals surface area contributed by atoms with Crippen molar-refractivity contribution in [1.82, 2.24) is 0 Å². The Bertz CT molecular complexity index is 363. The van der Waals surface area contributed by atoms with Gasteiger partial charge in [0.1, 0.15) is 0 Å². The number of hydrogen-bond acceptors (Lipinski definition) is 4. The predicted molar refractivity (Wildman–Crippen MR) is 34.7 cm³/mol. The second-order valence-corrected chi connectivity index (χ2v) is 5.59. The fourth-order valence-corrected chi connectivity index (χ4v) is 2.23. The normalized spacial score (nSPS) is 14.5. The molecule has 13 heavy (non-hydrogen) atoms. The zero-order valence-corrected chi connectivity index (χ0v) is 7.51. The Kier molecular flexibility index (Phi) is 3.31. The molecular formula is C3H4F4O4S2. The zero-order chi connectivity index (χ0) is 10.9. The molecule has 0 aliphatic rings. The number of hydrogen-bond donors (Lipinski definition) is 0. The van der Waals surface area contributed by atoms with Crippen molar-refractivity contribution in [2.75, 3.05) is 11.5 Å². The standard InChI is InChI=1S/C3H4F4O4S2/c4-3(5,6)12(8,9)1-2-13(7,10)11/h1-2H2. The van der Waals surface area contributed by atoms with E-state index in [1.165, 1.54) is 0 Å². The maximum absolute atomic E-state index is 11.6. The molecule has 0 rings (SSSR count). The van der Waals surface area contributed by atoms with Crippen molar-refractivity contribution in [1.29, 1.82) is 0 Å². The molecule has 0 atom stereocenters. The van der Waals surface area contributed by atoms with Crippen LogP contribution in [0.1, 0.15) is 0 Å². The molecule has 0 aromatic rings. The third kappa shape index (κ3) is 4.41.